The third kappa shape index (κ3) is 3.34. The van der Waals surface area contributed by atoms with Gasteiger partial charge in [-0.2, -0.15) is 5.26 Å². The smallest absolute Gasteiger partial charge is 0.190 e. The molecule has 0 aliphatic heterocycles. The van der Waals surface area contributed by atoms with Gasteiger partial charge in [0.15, 0.2) is 5.16 Å². The Kier molecular flexibility index (Phi) is 4.20. The van der Waals surface area contributed by atoms with Crippen LogP contribution in [-0.4, -0.2) is 16.2 Å². The summed E-state index contributed by atoms with van der Waals surface area (Å²) in [4.78, 5) is 8.14. The van der Waals surface area contributed by atoms with Crippen LogP contribution in [0.2, 0.25) is 5.15 Å². The lowest BCUT2D eigenvalue weighted by atomic mass is 10.2. The summed E-state index contributed by atoms with van der Waals surface area (Å²) in [5.41, 5.74) is 0.481. The van der Waals surface area contributed by atoms with Gasteiger partial charge in [-0.05, 0) is 24.5 Å². The fourth-order valence-corrected chi connectivity index (χ4v) is 1.99. The molecule has 0 fully saturated rings. The summed E-state index contributed by atoms with van der Waals surface area (Å²) >= 11 is 7.18. The zero-order valence-electron chi connectivity index (χ0n) is 9.82. The number of rotatable bonds is 3. The van der Waals surface area contributed by atoms with Crippen molar-refractivity contribution in [3.63, 3.8) is 0 Å². The predicted molar refractivity (Wildman–Crippen MR) is 73.2 cm³/mol. The number of benzene rings is 1. The Morgan fingerprint density at radius 1 is 1.37 bits per heavy atom. The molecule has 1 heterocycles. The van der Waals surface area contributed by atoms with Crippen LogP contribution in [0.5, 0.6) is 0 Å². The molecular formula is C12H8ClFN4S. The fourth-order valence-electron chi connectivity index (χ4n) is 1.38. The van der Waals surface area contributed by atoms with Crippen LogP contribution < -0.4 is 5.32 Å². The van der Waals surface area contributed by atoms with Crippen LogP contribution in [0, 0.1) is 17.1 Å². The minimum atomic E-state index is -0.528. The third-order valence-electron chi connectivity index (χ3n) is 2.22. The molecule has 1 N–H and O–H groups in total. The highest BCUT2D eigenvalue weighted by Gasteiger charge is 2.07. The quantitative estimate of drug-likeness (QED) is 0.532. The molecule has 0 aliphatic rings. The summed E-state index contributed by atoms with van der Waals surface area (Å²) in [6.45, 7) is 0. The van der Waals surface area contributed by atoms with Gasteiger partial charge in [-0.3, -0.25) is 0 Å². The molecule has 0 amide bonds. The first kappa shape index (κ1) is 13.6. The van der Waals surface area contributed by atoms with Crippen LogP contribution >= 0.6 is 23.4 Å². The van der Waals surface area contributed by atoms with Gasteiger partial charge < -0.3 is 5.32 Å². The minimum Gasteiger partial charge on any atom is -0.338 e. The maximum Gasteiger partial charge on any atom is 0.190 e. The number of hydrogen-bond acceptors (Lipinski definition) is 5. The number of thioether (sulfide) groups is 1. The standard InChI is InChI=1S/C12H8ClFN4S/c1-19-12-17-10(13)5-11(18-12)16-9-3-2-7(6-15)4-8(9)14/h2-5H,1H3,(H,16,17,18). The zero-order chi connectivity index (χ0) is 13.8. The summed E-state index contributed by atoms with van der Waals surface area (Å²) in [7, 11) is 0. The van der Waals surface area contributed by atoms with Crippen LogP contribution in [0.4, 0.5) is 15.9 Å². The van der Waals surface area contributed by atoms with Crippen molar-refractivity contribution in [2.24, 2.45) is 0 Å². The molecule has 0 aliphatic carbocycles. The van der Waals surface area contributed by atoms with Gasteiger partial charge in [0.05, 0.1) is 17.3 Å². The Bertz CT molecular complexity index is 657. The lowest BCUT2D eigenvalue weighted by Crippen LogP contribution is -1.99. The highest BCUT2D eigenvalue weighted by atomic mass is 35.5. The van der Waals surface area contributed by atoms with E-state index in [2.05, 4.69) is 15.3 Å². The number of anilines is 2. The molecule has 2 aromatic rings. The Hall–Kier alpha value is -1.84. The van der Waals surface area contributed by atoms with Crippen LogP contribution in [0.1, 0.15) is 5.56 Å². The fraction of sp³-hybridized carbons (Fsp3) is 0.0833. The van der Waals surface area contributed by atoms with E-state index in [1.165, 1.54) is 30.0 Å². The zero-order valence-corrected chi connectivity index (χ0v) is 11.4. The second-order valence-corrected chi connectivity index (χ2v) is 4.65. The van der Waals surface area contributed by atoms with Crippen molar-refractivity contribution in [2.45, 2.75) is 5.16 Å². The van der Waals surface area contributed by atoms with Crippen molar-refractivity contribution in [3.8, 4) is 6.07 Å². The van der Waals surface area contributed by atoms with Crippen LogP contribution in [-0.2, 0) is 0 Å². The van der Waals surface area contributed by atoms with Gasteiger partial charge in [0.25, 0.3) is 0 Å². The maximum absolute atomic E-state index is 13.7. The van der Waals surface area contributed by atoms with Gasteiger partial charge in [-0.25, -0.2) is 14.4 Å². The topological polar surface area (TPSA) is 61.6 Å². The molecule has 0 bridgehead atoms. The second-order valence-electron chi connectivity index (χ2n) is 3.49. The average molecular weight is 295 g/mol. The van der Waals surface area contributed by atoms with Crippen molar-refractivity contribution in [2.75, 3.05) is 11.6 Å². The molecule has 4 nitrogen and oxygen atoms in total. The summed E-state index contributed by atoms with van der Waals surface area (Å²) < 4.78 is 13.7. The average Bonchev–Trinajstić information content (AvgIpc) is 2.40. The molecule has 0 atom stereocenters. The van der Waals surface area contributed by atoms with Crippen LogP contribution in [0.3, 0.4) is 0 Å². The lowest BCUT2D eigenvalue weighted by Gasteiger charge is -2.08. The van der Waals surface area contributed by atoms with Crippen molar-refractivity contribution in [3.05, 3.63) is 40.8 Å². The maximum atomic E-state index is 13.7. The highest BCUT2D eigenvalue weighted by molar-refractivity contribution is 7.98. The van der Waals surface area contributed by atoms with Crippen molar-refractivity contribution in [1.29, 1.82) is 5.26 Å². The molecule has 0 unspecified atom stereocenters. The molecule has 19 heavy (non-hydrogen) atoms. The summed E-state index contributed by atoms with van der Waals surface area (Å²) in [6.07, 6.45) is 1.82. The Morgan fingerprint density at radius 3 is 2.79 bits per heavy atom. The minimum absolute atomic E-state index is 0.223. The molecule has 0 spiro atoms. The van der Waals surface area contributed by atoms with E-state index >= 15 is 0 Å². The third-order valence-corrected chi connectivity index (χ3v) is 2.96. The van der Waals surface area contributed by atoms with E-state index < -0.39 is 5.82 Å². The molecular weight excluding hydrogens is 287 g/mol. The van der Waals surface area contributed by atoms with Crippen molar-refractivity contribution in [1.82, 2.24) is 9.97 Å². The highest BCUT2D eigenvalue weighted by Crippen LogP contribution is 2.23. The van der Waals surface area contributed by atoms with E-state index in [1.54, 1.807) is 0 Å². The van der Waals surface area contributed by atoms with Crippen LogP contribution in [0.25, 0.3) is 0 Å². The summed E-state index contributed by atoms with van der Waals surface area (Å²) in [5, 5.41) is 12.2. The lowest BCUT2D eigenvalue weighted by molar-refractivity contribution is 0.631. The second kappa shape index (κ2) is 5.87. The Labute approximate surface area is 118 Å². The molecule has 96 valence electrons. The molecule has 0 radical (unpaired) electrons. The number of hydrogen-bond donors (Lipinski definition) is 1. The van der Waals surface area contributed by atoms with E-state index in [-0.39, 0.29) is 16.4 Å². The number of nitrogens with zero attached hydrogens (tertiary/aromatic N) is 3. The monoisotopic (exact) mass is 294 g/mol. The van der Waals surface area contributed by atoms with Gasteiger partial charge in [-0.15, -0.1) is 0 Å². The molecule has 1 aromatic heterocycles. The summed E-state index contributed by atoms with van der Waals surface area (Å²) in [6, 6.07) is 7.51. The molecule has 0 saturated heterocycles. The first-order chi connectivity index (χ1) is 9.12. The molecule has 1 aromatic carbocycles. The normalized spacial score (nSPS) is 10.0. The van der Waals surface area contributed by atoms with E-state index in [1.807, 2.05) is 12.3 Å². The van der Waals surface area contributed by atoms with Gasteiger partial charge in [-0.1, -0.05) is 23.4 Å². The Balaban J connectivity index is 2.31. The van der Waals surface area contributed by atoms with Crippen LogP contribution in [0.15, 0.2) is 29.4 Å². The van der Waals surface area contributed by atoms with Crippen molar-refractivity contribution < 1.29 is 4.39 Å². The van der Waals surface area contributed by atoms with E-state index in [0.29, 0.717) is 11.0 Å². The largest absolute Gasteiger partial charge is 0.338 e. The Morgan fingerprint density at radius 2 is 2.16 bits per heavy atom. The first-order valence-corrected chi connectivity index (χ1v) is 6.78. The SMILES string of the molecule is CSc1nc(Cl)cc(Nc2ccc(C#N)cc2F)n1. The first-order valence-electron chi connectivity index (χ1n) is 5.17. The van der Waals surface area contributed by atoms with E-state index in [0.717, 1.165) is 6.07 Å². The van der Waals surface area contributed by atoms with E-state index in [9.17, 15) is 4.39 Å². The van der Waals surface area contributed by atoms with E-state index in [4.69, 9.17) is 16.9 Å². The van der Waals surface area contributed by atoms with Gasteiger partial charge in [0, 0.05) is 6.07 Å². The number of halogens is 2. The predicted octanol–water partition coefficient (Wildman–Crippen LogP) is 3.61. The summed E-state index contributed by atoms with van der Waals surface area (Å²) in [5.74, 6) is -0.132. The van der Waals surface area contributed by atoms with Gasteiger partial charge >= 0.3 is 0 Å². The molecule has 7 heteroatoms. The molecule has 0 saturated carbocycles. The number of nitriles is 1. The number of aromatic nitrogens is 2. The van der Waals surface area contributed by atoms with Gasteiger partial charge in [0.1, 0.15) is 16.8 Å². The van der Waals surface area contributed by atoms with Crippen molar-refractivity contribution >= 4 is 34.9 Å². The number of nitrogens with one attached hydrogen (secondary N) is 1. The molecule has 2 rings (SSSR count). The van der Waals surface area contributed by atoms with Gasteiger partial charge in [0.2, 0.25) is 0 Å².